The van der Waals surface area contributed by atoms with E-state index in [-0.39, 0.29) is 30.3 Å². The van der Waals surface area contributed by atoms with E-state index < -0.39 is 11.0 Å². The van der Waals surface area contributed by atoms with Crippen molar-refractivity contribution in [3.05, 3.63) is 34.4 Å². The summed E-state index contributed by atoms with van der Waals surface area (Å²) in [7, 11) is 0. The van der Waals surface area contributed by atoms with Gasteiger partial charge in [0, 0.05) is 6.07 Å². The Hall–Kier alpha value is -1.66. The molecule has 0 amide bonds. The van der Waals surface area contributed by atoms with Gasteiger partial charge in [0.25, 0.3) is 0 Å². The monoisotopic (exact) mass is 269 g/mol. The summed E-state index contributed by atoms with van der Waals surface area (Å²) in [6.45, 7) is 5.69. The van der Waals surface area contributed by atoms with E-state index in [0.29, 0.717) is 0 Å². The van der Waals surface area contributed by atoms with Gasteiger partial charge in [-0.15, -0.1) is 0 Å². The first-order valence-electron chi connectivity index (χ1n) is 5.98. The Morgan fingerprint density at radius 1 is 1.32 bits per heavy atom. The molecule has 6 heteroatoms. The maximum absolute atomic E-state index is 10.8. The summed E-state index contributed by atoms with van der Waals surface area (Å²) in [5, 5.41) is 20.4. The Kier molecular flexibility index (Phi) is 5.26. The van der Waals surface area contributed by atoms with Crippen molar-refractivity contribution in [2.75, 3.05) is 13.2 Å². The molecule has 0 saturated heterocycles. The fourth-order valence-electron chi connectivity index (χ4n) is 1.31. The number of nitro groups is 1. The molecule has 0 aliphatic heterocycles. The van der Waals surface area contributed by atoms with Crippen LogP contribution in [0.5, 0.6) is 5.75 Å². The number of rotatable bonds is 6. The standard InChI is InChI=1S/C13H19NO5/c1-13(2,3)19-9-10(15)8-18-12-7-5-4-6-11(12)14(16)17/h4-7,10,15H,8-9H2,1-3H3. The van der Waals surface area contributed by atoms with Gasteiger partial charge in [0.05, 0.1) is 17.1 Å². The molecule has 1 aromatic carbocycles. The highest BCUT2D eigenvalue weighted by Crippen LogP contribution is 2.25. The van der Waals surface area contributed by atoms with Gasteiger partial charge in [-0.3, -0.25) is 10.1 Å². The van der Waals surface area contributed by atoms with Crippen LogP contribution >= 0.6 is 0 Å². The van der Waals surface area contributed by atoms with Crippen molar-refractivity contribution >= 4 is 5.69 Å². The number of nitrogens with zero attached hydrogens (tertiary/aromatic N) is 1. The highest BCUT2D eigenvalue weighted by Gasteiger charge is 2.17. The normalized spacial score (nSPS) is 13.1. The topological polar surface area (TPSA) is 81.8 Å². The van der Waals surface area contributed by atoms with E-state index in [1.165, 1.54) is 12.1 Å². The molecule has 0 aromatic heterocycles. The zero-order valence-corrected chi connectivity index (χ0v) is 11.3. The Balaban J connectivity index is 2.51. The second kappa shape index (κ2) is 6.49. The maximum Gasteiger partial charge on any atom is 0.310 e. The number of para-hydroxylation sites is 2. The van der Waals surface area contributed by atoms with Crippen LogP contribution in [0.25, 0.3) is 0 Å². The smallest absolute Gasteiger partial charge is 0.310 e. The van der Waals surface area contributed by atoms with Gasteiger partial charge < -0.3 is 14.6 Å². The van der Waals surface area contributed by atoms with Crippen LogP contribution < -0.4 is 4.74 Å². The number of benzene rings is 1. The summed E-state index contributed by atoms with van der Waals surface area (Å²) in [4.78, 5) is 10.2. The van der Waals surface area contributed by atoms with Gasteiger partial charge in [-0.2, -0.15) is 0 Å². The fourth-order valence-corrected chi connectivity index (χ4v) is 1.31. The molecule has 0 heterocycles. The highest BCUT2D eigenvalue weighted by molar-refractivity contribution is 5.45. The molecule has 6 nitrogen and oxygen atoms in total. The molecule has 106 valence electrons. The largest absolute Gasteiger partial charge is 0.484 e. The van der Waals surface area contributed by atoms with E-state index in [4.69, 9.17) is 9.47 Å². The molecule has 19 heavy (non-hydrogen) atoms. The lowest BCUT2D eigenvalue weighted by Gasteiger charge is -2.22. The van der Waals surface area contributed by atoms with Gasteiger partial charge in [0.15, 0.2) is 5.75 Å². The van der Waals surface area contributed by atoms with Crippen molar-refractivity contribution in [2.24, 2.45) is 0 Å². The van der Waals surface area contributed by atoms with Crippen molar-refractivity contribution in [3.8, 4) is 5.75 Å². The minimum absolute atomic E-state index is 0.0546. The third-order valence-corrected chi connectivity index (χ3v) is 2.20. The summed E-state index contributed by atoms with van der Waals surface area (Å²) in [6.07, 6.45) is -0.834. The number of aliphatic hydroxyl groups is 1. The van der Waals surface area contributed by atoms with E-state index in [1.807, 2.05) is 20.8 Å². The minimum atomic E-state index is -0.834. The molecular weight excluding hydrogens is 250 g/mol. The first kappa shape index (κ1) is 15.4. The van der Waals surface area contributed by atoms with Crippen molar-refractivity contribution in [1.29, 1.82) is 0 Å². The molecule has 0 aliphatic carbocycles. The van der Waals surface area contributed by atoms with Gasteiger partial charge in [-0.1, -0.05) is 12.1 Å². The lowest BCUT2D eigenvalue weighted by molar-refractivity contribution is -0.385. The molecule has 0 aliphatic rings. The quantitative estimate of drug-likeness (QED) is 0.632. The molecule has 0 radical (unpaired) electrons. The third kappa shape index (κ3) is 5.67. The lowest BCUT2D eigenvalue weighted by Crippen LogP contribution is -2.29. The second-order valence-corrected chi connectivity index (χ2v) is 5.11. The second-order valence-electron chi connectivity index (χ2n) is 5.11. The molecule has 0 fully saturated rings. The highest BCUT2D eigenvalue weighted by atomic mass is 16.6. The number of aliphatic hydroxyl groups excluding tert-OH is 1. The molecule has 0 bridgehead atoms. The van der Waals surface area contributed by atoms with Gasteiger partial charge in [-0.25, -0.2) is 0 Å². The number of hydrogen-bond acceptors (Lipinski definition) is 5. The van der Waals surface area contributed by atoms with E-state index in [9.17, 15) is 15.2 Å². The van der Waals surface area contributed by atoms with E-state index in [2.05, 4.69) is 0 Å². The van der Waals surface area contributed by atoms with Crippen LogP contribution in [-0.2, 0) is 4.74 Å². The molecule has 1 N–H and O–H groups in total. The predicted octanol–water partition coefficient (Wildman–Crippen LogP) is 2.15. The summed E-state index contributed by atoms with van der Waals surface area (Å²) in [5.74, 6) is 0.141. The summed E-state index contributed by atoms with van der Waals surface area (Å²) in [5.41, 5.74) is -0.467. The van der Waals surface area contributed by atoms with E-state index >= 15 is 0 Å². The van der Waals surface area contributed by atoms with Crippen LogP contribution in [0, 0.1) is 10.1 Å². The molecule has 0 saturated carbocycles. The maximum atomic E-state index is 10.8. The SMILES string of the molecule is CC(C)(C)OCC(O)COc1ccccc1[N+](=O)[O-]. The Bertz CT molecular complexity index is 427. The van der Waals surface area contributed by atoms with Gasteiger partial charge >= 0.3 is 5.69 Å². The van der Waals surface area contributed by atoms with Crippen LogP contribution in [-0.4, -0.2) is 34.9 Å². The van der Waals surface area contributed by atoms with Gasteiger partial charge in [0.2, 0.25) is 0 Å². The van der Waals surface area contributed by atoms with E-state index in [0.717, 1.165) is 0 Å². The molecule has 0 spiro atoms. The molecule has 1 unspecified atom stereocenters. The Morgan fingerprint density at radius 3 is 2.53 bits per heavy atom. The average Bonchev–Trinajstić information content (AvgIpc) is 2.33. The van der Waals surface area contributed by atoms with Gasteiger partial charge in [0.1, 0.15) is 12.7 Å². The molecule has 1 aromatic rings. The lowest BCUT2D eigenvalue weighted by atomic mass is 10.2. The van der Waals surface area contributed by atoms with Crippen LogP contribution in [0.2, 0.25) is 0 Å². The zero-order chi connectivity index (χ0) is 14.5. The first-order chi connectivity index (χ1) is 8.79. The summed E-state index contributed by atoms with van der Waals surface area (Å²) >= 11 is 0. The number of ether oxygens (including phenoxy) is 2. The van der Waals surface area contributed by atoms with Crippen molar-refractivity contribution in [2.45, 2.75) is 32.5 Å². The fraction of sp³-hybridized carbons (Fsp3) is 0.538. The van der Waals surface area contributed by atoms with E-state index in [1.54, 1.807) is 12.1 Å². The Labute approximate surface area is 112 Å². The average molecular weight is 269 g/mol. The Morgan fingerprint density at radius 2 is 1.95 bits per heavy atom. The summed E-state index contributed by atoms with van der Waals surface area (Å²) < 4.78 is 10.6. The van der Waals surface area contributed by atoms with Crippen LogP contribution in [0.3, 0.4) is 0 Å². The van der Waals surface area contributed by atoms with Crippen molar-refractivity contribution < 1.29 is 19.5 Å². The predicted molar refractivity (Wildman–Crippen MR) is 70.3 cm³/mol. The van der Waals surface area contributed by atoms with Crippen LogP contribution in [0.15, 0.2) is 24.3 Å². The third-order valence-electron chi connectivity index (χ3n) is 2.20. The van der Waals surface area contributed by atoms with Crippen molar-refractivity contribution in [3.63, 3.8) is 0 Å². The molecule has 1 atom stereocenters. The van der Waals surface area contributed by atoms with Crippen molar-refractivity contribution in [1.82, 2.24) is 0 Å². The molecule has 1 rings (SSSR count). The zero-order valence-electron chi connectivity index (χ0n) is 11.3. The van der Waals surface area contributed by atoms with Crippen LogP contribution in [0.4, 0.5) is 5.69 Å². The number of hydrogen-bond donors (Lipinski definition) is 1. The summed E-state index contributed by atoms with van der Waals surface area (Å²) in [6, 6.07) is 6.05. The first-order valence-corrected chi connectivity index (χ1v) is 5.98. The minimum Gasteiger partial charge on any atom is -0.484 e. The molecular formula is C13H19NO5. The van der Waals surface area contributed by atoms with Gasteiger partial charge in [-0.05, 0) is 26.8 Å². The van der Waals surface area contributed by atoms with Crippen LogP contribution in [0.1, 0.15) is 20.8 Å². The number of nitro benzene ring substituents is 1.